The summed E-state index contributed by atoms with van der Waals surface area (Å²) in [6.07, 6.45) is 1.10. The van der Waals surface area contributed by atoms with Crippen molar-refractivity contribution in [1.82, 2.24) is 0 Å². The Labute approximate surface area is 176 Å². The van der Waals surface area contributed by atoms with Crippen molar-refractivity contribution in [2.24, 2.45) is 0 Å². The highest BCUT2D eigenvalue weighted by Gasteiger charge is 2.47. The van der Waals surface area contributed by atoms with E-state index in [0.717, 1.165) is 31.5 Å². The highest BCUT2D eigenvalue weighted by molar-refractivity contribution is 5.89. The molecule has 1 fully saturated rings. The Morgan fingerprint density at radius 1 is 0.967 bits per heavy atom. The van der Waals surface area contributed by atoms with Gasteiger partial charge in [0.25, 0.3) is 0 Å². The second-order valence-corrected chi connectivity index (χ2v) is 7.37. The first-order chi connectivity index (χ1) is 14.6. The van der Waals surface area contributed by atoms with Crippen molar-refractivity contribution in [2.75, 3.05) is 34.0 Å². The maximum Gasteiger partial charge on any atom is 0.408 e. The fraction of sp³-hybridized carbons (Fsp3) is 0.391. The molecule has 0 aliphatic carbocycles. The Morgan fingerprint density at radius 3 is 2.23 bits per heavy atom. The third kappa shape index (κ3) is 5.17. The van der Waals surface area contributed by atoms with Gasteiger partial charge in [-0.1, -0.05) is 30.3 Å². The van der Waals surface area contributed by atoms with Crippen LogP contribution < -0.4 is 4.74 Å². The van der Waals surface area contributed by atoms with E-state index >= 15 is 0 Å². The van der Waals surface area contributed by atoms with Gasteiger partial charge in [0.2, 0.25) is 0 Å². The summed E-state index contributed by atoms with van der Waals surface area (Å²) in [6, 6.07) is 16.1. The number of hydrogen-bond donors (Lipinski definition) is 0. The molecule has 1 atom stereocenters. The molecule has 0 amide bonds. The first-order valence-electron chi connectivity index (χ1n) is 9.98. The van der Waals surface area contributed by atoms with Crippen LogP contribution in [0.4, 0.5) is 0 Å². The van der Waals surface area contributed by atoms with Gasteiger partial charge in [-0.05, 0) is 29.8 Å². The van der Waals surface area contributed by atoms with Crippen LogP contribution in [0.3, 0.4) is 0 Å². The number of carbonyl (C=O) groups excluding carboxylic acids is 2. The van der Waals surface area contributed by atoms with Gasteiger partial charge in [-0.25, -0.2) is 9.59 Å². The minimum Gasteiger partial charge on any atom is -0.465 e. The lowest BCUT2D eigenvalue weighted by molar-refractivity contribution is -0.964. The predicted molar refractivity (Wildman–Crippen MR) is 110 cm³/mol. The molecule has 0 saturated carbocycles. The number of quaternary nitrogens is 1. The van der Waals surface area contributed by atoms with Gasteiger partial charge in [0, 0.05) is 20.0 Å². The Bertz CT molecular complexity index is 831. The summed E-state index contributed by atoms with van der Waals surface area (Å²) in [4.78, 5) is 24.8. The molecule has 2 aromatic carbocycles. The number of nitrogens with zero attached hydrogens (tertiary/aromatic N) is 1. The monoisotopic (exact) mass is 414 g/mol. The van der Waals surface area contributed by atoms with E-state index in [-0.39, 0.29) is 6.61 Å². The van der Waals surface area contributed by atoms with Crippen LogP contribution in [0.1, 0.15) is 28.8 Å². The quantitative estimate of drug-likeness (QED) is 0.464. The van der Waals surface area contributed by atoms with Crippen LogP contribution in [0.25, 0.3) is 0 Å². The maximum atomic E-state index is 13.1. The first kappa shape index (κ1) is 21.8. The number of rotatable bonds is 9. The lowest BCUT2D eigenvalue weighted by atomic mass is 10.2. The molecule has 1 aliphatic rings. The largest absolute Gasteiger partial charge is 0.465 e. The van der Waals surface area contributed by atoms with Gasteiger partial charge >= 0.3 is 18.2 Å². The second-order valence-electron chi connectivity index (χ2n) is 7.37. The summed E-state index contributed by atoms with van der Waals surface area (Å²) in [5.41, 5.74) is 1.32. The topological polar surface area (TPSA) is 71.1 Å². The molecule has 7 heteroatoms. The summed E-state index contributed by atoms with van der Waals surface area (Å²) in [6.45, 7) is 2.05. The smallest absolute Gasteiger partial charge is 0.408 e. The number of methoxy groups -OCH3 is 2. The molecule has 3 rings (SSSR count). The number of benzene rings is 2. The number of esters is 2. The van der Waals surface area contributed by atoms with Crippen molar-refractivity contribution in [3.8, 4) is 5.75 Å². The molecule has 1 saturated heterocycles. The Hall–Kier alpha value is -2.90. The maximum absolute atomic E-state index is 13.1. The summed E-state index contributed by atoms with van der Waals surface area (Å²) in [5, 5.41) is 0. The van der Waals surface area contributed by atoms with Gasteiger partial charge in [-0.3, -0.25) is 4.48 Å². The van der Waals surface area contributed by atoms with Gasteiger partial charge in [-0.15, -0.1) is 0 Å². The van der Waals surface area contributed by atoms with Crippen LogP contribution in [0.5, 0.6) is 5.75 Å². The van der Waals surface area contributed by atoms with E-state index in [1.807, 2.05) is 30.3 Å². The minimum absolute atomic E-state index is 0.174. The number of carbonyl (C=O) groups is 2. The van der Waals surface area contributed by atoms with Crippen LogP contribution in [-0.4, -0.2) is 56.7 Å². The summed E-state index contributed by atoms with van der Waals surface area (Å²) >= 11 is 0. The van der Waals surface area contributed by atoms with Crippen molar-refractivity contribution in [1.29, 1.82) is 0 Å². The average Bonchev–Trinajstić information content (AvgIpc) is 3.26. The van der Waals surface area contributed by atoms with E-state index in [2.05, 4.69) is 0 Å². The molecule has 0 N–H and O–H groups in total. The fourth-order valence-corrected chi connectivity index (χ4v) is 3.75. The Morgan fingerprint density at radius 2 is 1.63 bits per heavy atom. The zero-order chi connectivity index (χ0) is 21.4. The molecule has 160 valence electrons. The highest BCUT2D eigenvalue weighted by Crippen LogP contribution is 2.27. The Balaban J connectivity index is 1.80. The molecule has 0 radical (unpaired) electrons. The molecule has 1 unspecified atom stereocenters. The van der Waals surface area contributed by atoms with Gasteiger partial charge < -0.3 is 18.9 Å². The Kier molecular flexibility index (Phi) is 7.43. The van der Waals surface area contributed by atoms with Gasteiger partial charge in [0.1, 0.15) is 12.4 Å². The van der Waals surface area contributed by atoms with Gasteiger partial charge in [0.05, 0.1) is 25.8 Å². The lowest BCUT2D eigenvalue weighted by Crippen LogP contribution is -2.60. The van der Waals surface area contributed by atoms with Gasteiger partial charge in [0.15, 0.2) is 6.73 Å². The molecule has 0 aromatic heterocycles. The molecule has 0 spiro atoms. The SMILES string of the molecule is COC[N+]1(C(Oc2ccc(C(=O)OC)cc2)C(=O)OCc2ccccc2)CCCC1. The number of hydrogen-bond acceptors (Lipinski definition) is 6. The zero-order valence-corrected chi connectivity index (χ0v) is 17.4. The van der Waals surface area contributed by atoms with Crippen LogP contribution in [0, 0.1) is 0 Å². The number of ether oxygens (including phenoxy) is 4. The van der Waals surface area contributed by atoms with Crippen molar-refractivity contribution < 1.29 is 33.0 Å². The van der Waals surface area contributed by atoms with E-state index in [4.69, 9.17) is 18.9 Å². The van der Waals surface area contributed by atoms with Crippen molar-refractivity contribution in [2.45, 2.75) is 25.7 Å². The zero-order valence-electron chi connectivity index (χ0n) is 17.4. The van der Waals surface area contributed by atoms with Crippen LogP contribution in [0.2, 0.25) is 0 Å². The van der Waals surface area contributed by atoms with Crippen molar-refractivity contribution >= 4 is 11.9 Å². The summed E-state index contributed by atoms with van der Waals surface area (Å²) in [7, 11) is 2.95. The third-order valence-corrected chi connectivity index (χ3v) is 5.29. The summed E-state index contributed by atoms with van der Waals surface area (Å²) < 4.78 is 22.3. The normalized spacial score (nSPS) is 15.9. The average molecular weight is 414 g/mol. The molecular weight excluding hydrogens is 386 g/mol. The molecular formula is C23H28NO6+. The third-order valence-electron chi connectivity index (χ3n) is 5.29. The fourth-order valence-electron chi connectivity index (χ4n) is 3.75. The van der Waals surface area contributed by atoms with E-state index in [9.17, 15) is 9.59 Å². The number of likely N-dealkylation sites (tertiary alicyclic amines) is 1. The lowest BCUT2D eigenvalue weighted by Gasteiger charge is -2.38. The van der Waals surface area contributed by atoms with Crippen molar-refractivity contribution in [3.05, 3.63) is 65.7 Å². The minimum atomic E-state index is -0.861. The molecule has 1 aliphatic heterocycles. The van der Waals surface area contributed by atoms with E-state index in [1.165, 1.54) is 7.11 Å². The van der Waals surface area contributed by atoms with E-state index in [0.29, 0.717) is 22.5 Å². The molecule has 0 bridgehead atoms. The van der Waals surface area contributed by atoms with Crippen LogP contribution >= 0.6 is 0 Å². The molecule has 7 nitrogen and oxygen atoms in total. The molecule has 30 heavy (non-hydrogen) atoms. The summed E-state index contributed by atoms with van der Waals surface area (Å²) in [5.74, 6) is -0.387. The second kappa shape index (κ2) is 10.2. The van der Waals surface area contributed by atoms with E-state index in [1.54, 1.807) is 31.4 Å². The molecule has 2 aromatic rings. The highest BCUT2D eigenvalue weighted by atomic mass is 16.6. The van der Waals surface area contributed by atoms with E-state index < -0.39 is 18.2 Å². The van der Waals surface area contributed by atoms with Gasteiger partial charge in [-0.2, -0.15) is 0 Å². The van der Waals surface area contributed by atoms with Crippen LogP contribution in [0.15, 0.2) is 54.6 Å². The standard InChI is InChI=1S/C23H28NO6/c1-27-17-24(14-6-7-15-24)21(23(26)29-16-18-8-4-3-5-9-18)30-20-12-10-19(11-13-20)22(25)28-2/h3-5,8-13,21H,6-7,14-17H2,1-2H3/q+1. The first-order valence-corrected chi connectivity index (χ1v) is 9.98. The predicted octanol–water partition coefficient (Wildman–Crippen LogP) is 3.14. The van der Waals surface area contributed by atoms with Crippen molar-refractivity contribution in [3.63, 3.8) is 0 Å². The molecule has 1 heterocycles. The van der Waals surface area contributed by atoms with Crippen LogP contribution in [-0.2, 0) is 25.6 Å².